The van der Waals surface area contributed by atoms with Gasteiger partial charge in [0.25, 0.3) is 0 Å². The molecule has 2 aromatic rings. The Morgan fingerprint density at radius 2 is 1.75 bits per heavy atom. The van der Waals surface area contributed by atoms with Crippen molar-refractivity contribution in [1.29, 1.82) is 0 Å². The Morgan fingerprint density at radius 3 is 2.32 bits per heavy atom. The molecule has 0 spiro atoms. The molecule has 0 aliphatic rings. The zero-order valence-electron chi connectivity index (χ0n) is 16.5. The van der Waals surface area contributed by atoms with E-state index in [1.165, 1.54) is 0 Å². The summed E-state index contributed by atoms with van der Waals surface area (Å²) in [6.07, 6.45) is 0.734. The average Bonchev–Trinajstić information content (AvgIpc) is 2.65. The van der Waals surface area contributed by atoms with Crippen LogP contribution in [0.2, 0.25) is 10.0 Å². The number of nitrogens with one attached hydrogen (secondary N) is 1. The molecule has 0 fully saturated rings. The van der Waals surface area contributed by atoms with E-state index in [4.69, 9.17) is 23.2 Å². The van der Waals surface area contributed by atoms with Gasteiger partial charge in [0.2, 0.25) is 11.8 Å². The van der Waals surface area contributed by atoms with Crippen LogP contribution in [0.1, 0.15) is 37.0 Å². The molecule has 1 unspecified atom stereocenters. The van der Waals surface area contributed by atoms with Crippen molar-refractivity contribution in [3.63, 3.8) is 0 Å². The summed E-state index contributed by atoms with van der Waals surface area (Å²) in [5.41, 5.74) is 2.80. The van der Waals surface area contributed by atoms with Crippen molar-refractivity contribution >= 4 is 35.0 Å². The minimum Gasteiger partial charge on any atom is -0.355 e. The smallest absolute Gasteiger partial charge is 0.242 e. The Labute approximate surface area is 176 Å². The Kier molecular flexibility index (Phi) is 8.34. The van der Waals surface area contributed by atoms with Crippen LogP contribution in [0.3, 0.4) is 0 Å². The molecule has 0 heterocycles. The predicted molar refractivity (Wildman–Crippen MR) is 115 cm³/mol. The fourth-order valence-corrected chi connectivity index (χ4v) is 3.50. The summed E-state index contributed by atoms with van der Waals surface area (Å²) < 4.78 is 0. The minimum atomic E-state index is -0.565. The number of likely N-dealkylation sites (N-methyl/N-ethyl adjacent to an activating group) is 1. The molecule has 2 amide bonds. The number of benzene rings is 2. The zero-order chi connectivity index (χ0) is 20.7. The first-order valence-corrected chi connectivity index (χ1v) is 10.2. The van der Waals surface area contributed by atoms with Crippen LogP contribution in [0, 0.1) is 6.92 Å². The lowest BCUT2D eigenvalue weighted by molar-refractivity contribution is -0.140. The van der Waals surface area contributed by atoms with Crippen LogP contribution in [0.15, 0.2) is 42.5 Å². The molecule has 1 atom stereocenters. The fraction of sp³-hybridized carbons (Fsp3) is 0.364. The first-order valence-electron chi connectivity index (χ1n) is 9.42. The molecule has 28 heavy (non-hydrogen) atoms. The number of carbonyl (C=O) groups is 2. The number of hydrogen-bond donors (Lipinski definition) is 1. The van der Waals surface area contributed by atoms with Gasteiger partial charge in [-0.25, -0.2) is 0 Å². The van der Waals surface area contributed by atoms with Gasteiger partial charge >= 0.3 is 0 Å². The highest BCUT2D eigenvalue weighted by Crippen LogP contribution is 2.24. The fourth-order valence-electron chi connectivity index (χ4n) is 3.03. The van der Waals surface area contributed by atoms with Gasteiger partial charge in [0.1, 0.15) is 6.04 Å². The van der Waals surface area contributed by atoms with E-state index in [9.17, 15) is 9.59 Å². The Morgan fingerprint density at radius 1 is 1.07 bits per heavy atom. The highest BCUT2D eigenvalue weighted by Gasteiger charge is 2.28. The van der Waals surface area contributed by atoms with Crippen molar-refractivity contribution in [2.45, 2.75) is 46.2 Å². The van der Waals surface area contributed by atoms with Crippen molar-refractivity contribution in [3.8, 4) is 0 Å². The molecule has 150 valence electrons. The highest BCUT2D eigenvalue weighted by molar-refractivity contribution is 6.35. The second-order valence-corrected chi connectivity index (χ2v) is 7.58. The molecular formula is C22H26Cl2N2O2. The summed E-state index contributed by atoms with van der Waals surface area (Å²) in [4.78, 5) is 27.4. The Balaban J connectivity index is 2.31. The van der Waals surface area contributed by atoms with Crippen LogP contribution in [0.25, 0.3) is 0 Å². The second kappa shape index (κ2) is 10.5. The lowest BCUT2D eigenvalue weighted by atomic mass is 10.1. The first kappa shape index (κ1) is 22.3. The molecule has 0 aromatic heterocycles. The molecule has 6 heteroatoms. The van der Waals surface area contributed by atoms with Crippen molar-refractivity contribution in [3.05, 3.63) is 69.2 Å². The summed E-state index contributed by atoms with van der Waals surface area (Å²) >= 11 is 12.3. The topological polar surface area (TPSA) is 49.4 Å². The average molecular weight is 421 g/mol. The van der Waals surface area contributed by atoms with Crippen molar-refractivity contribution < 1.29 is 9.59 Å². The molecule has 4 nitrogen and oxygen atoms in total. The quantitative estimate of drug-likeness (QED) is 0.667. The molecule has 0 saturated heterocycles. The maximum Gasteiger partial charge on any atom is 0.242 e. The van der Waals surface area contributed by atoms with Gasteiger partial charge in [-0.3, -0.25) is 9.59 Å². The third-order valence-electron chi connectivity index (χ3n) is 4.57. The Hall–Kier alpha value is -2.04. The summed E-state index contributed by atoms with van der Waals surface area (Å²) in [7, 11) is 0. The zero-order valence-corrected chi connectivity index (χ0v) is 18.0. The lowest BCUT2D eigenvalue weighted by Crippen LogP contribution is -2.49. The summed E-state index contributed by atoms with van der Waals surface area (Å²) in [6.45, 7) is 6.52. The van der Waals surface area contributed by atoms with E-state index in [0.717, 1.165) is 16.7 Å². The van der Waals surface area contributed by atoms with E-state index in [2.05, 4.69) is 5.32 Å². The van der Waals surface area contributed by atoms with Crippen LogP contribution >= 0.6 is 23.2 Å². The van der Waals surface area contributed by atoms with E-state index in [-0.39, 0.29) is 24.8 Å². The normalized spacial score (nSPS) is 11.8. The van der Waals surface area contributed by atoms with Gasteiger partial charge in [-0.05, 0) is 43.5 Å². The van der Waals surface area contributed by atoms with Crippen molar-refractivity contribution in [2.75, 3.05) is 6.54 Å². The van der Waals surface area contributed by atoms with Gasteiger partial charge in [0.15, 0.2) is 0 Å². The number of amides is 2. The molecule has 0 saturated carbocycles. The molecule has 2 rings (SSSR count). The van der Waals surface area contributed by atoms with Crippen LogP contribution in [0.4, 0.5) is 0 Å². The molecular weight excluding hydrogens is 395 g/mol. The van der Waals surface area contributed by atoms with Crippen LogP contribution in [-0.2, 0) is 22.6 Å². The number of rotatable bonds is 8. The van der Waals surface area contributed by atoms with Gasteiger partial charge < -0.3 is 10.2 Å². The van der Waals surface area contributed by atoms with Gasteiger partial charge in [-0.2, -0.15) is 0 Å². The summed E-state index contributed by atoms with van der Waals surface area (Å²) in [6, 6.07) is 12.4. The van der Waals surface area contributed by atoms with E-state index in [1.807, 2.05) is 45.0 Å². The van der Waals surface area contributed by atoms with Gasteiger partial charge in [0.05, 0.1) is 6.42 Å². The number of aryl methyl sites for hydroxylation is 1. The van der Waals surface area contributed by atoms with Gasteiger partial charge in [-0.1, -0.05) is 66.0 Å². The van der Waals surface area contributed by atoms with E-state index in [0.29, 0.717) is 23.0 Å². The van der Waals surface area contributed by atoms with Crippen molar-refractivity contribution in [1.82, 2.24) is 10.2 Å². The molecule has 2 aromatic carbocycles. The molecule has 1 N–H and O–H groups in total. The molecule has 0 radical (unpaired) electrons. The van der Waals surface area contributed by atoms with Crippen LogP contribution in [0.5, 0.6) is 0 Å². The summed E-state index contributed by atoms with van der Waals surface area (Å²) in [5.74, 6) is -0.277. The SMILES string of the molecule is CCNC(=O)C(CC)N(Cc1ccc(Cl)cc1Cl)C(=O)Cc1ccc(C)cc1. The number of hydrogen-bond acceptors (Lipinski definition) is 2. The maximum absolute atomic E-state index is 13.2. The maximum atomic E-state index is 13.2. The second-order valence-electron chi connectivity index (χ2n) is 6.74. The standard InChI is InChI=1S/C22H26Cl2N2O2/c1-4-20(22(28)25-5-2)26(14-17-10-11-18(23)13-19(17)24)21(27)12-16-8-6-15(3)7-9-16/h6-11,13,20H,4-5,12,14H2,1-3H3,(H,25,28). The van der Waals surface area contributed by atoms with Crippen LogP contribution in [-0.4, -0.2) is 29.3 Å². The Bertz CT molecular complexity index is 822. The van der Waals surface area contributed by atoms with E-state index >= 15 is 0 Å². The summed E-state index contributed by atoms with van der Waals surface area (Å²) in [5, 5.41) is 3.83. The largest absolute Gasteiger partial charge is 0.355 e. The van der Waals surface area contributed by atoms with Gasteiger partial charge in [0, 0.05) is 23.1 Å². The number of halogens is 2. The van der Waals surface area contributed by atoms with Crippen molar-refractivity contribution in [2.24, 2.45) is 0 Å². The minimum absolute atomic E-state index is 0.118. The van der Waals surface area contributed by atoms with E-state index in [1.54, 1.807) is 23.1 Å². The highest BCUT2D eigenvalue weighted by atomic mass is 35.5. The third kappa shape index (κ3) is 5.98. The lowest BCUT2D eigenvalue weighted by Gasteiger charge is -2.31. The molecule has 0 aliphatic carbocycles. The molecule has 0 aliphatic heterocycles. The van der Waals surface area contributed by atoms with Gasteiger partial charge in [-0.15, -0.1) is 0 Å². The third-order valence-corrected chi connectivity index (χ3v) is 5.16. The molecule has 0 bridgehead atoms. The monoisotopic (exact) mass is 420 g/mol. The van der Waals surface area contributed by atoms with E-state index < -0.39 is 6.04 Å². The van der Waals surface area contributed by atoms with Crippen LogP contribution < -0.4 is 5.32 Å². The first-order chi connectivity index (χ1) is 13.3. The number of carbonyl (C=O) groups excluding carboxylic acids is 2. The predicted octanol–water partition coefficient (Wildman–Crippen LogP) is 4.79. The number of nitrogens with zero attached hydrogens (tertiary/aromatic N) is 1.